The first-order valence-corrected chi connectivity index (χ1v) is 11.9. The van der Waals surface area contributed by atoms with E-state index in [0.29, 0.717) is 0 Å². The maximum atomic E-state index is 12.8. The van der Waals surface area contributed by atoms with Crippen molar-refractivity contribution in [1.29, 1.82) is 0 Å². The van der Waals surface area contributed by atoms with Crippen LogP contribution in [-0.4, -0.2) is 57.8 Å². The van der Waals surface area contributed by atoms with Gasteiger partial charge in [0.15, 0.2) is 12.2 Å². The first-order chi connectivity index (χ1) is 16.1. The molecular weight excluding hydrogens is 464 g/mol. The summed E-state index contributed by atoms with van der Waals surface area (Å²) in [5, 5.41) is 4.03. The Bertz CT molecular complexity index is 1150. The number of benzene rings is 2. The molecule has 1 fully saturated rings. The number of ether oxygens (including phenoxy) is 4. The zero-order valence-corrected chi connectivity index (χ0v) is 19.9. The molecule has 34 heavy (non-hydrogen) atoms. The third-order valence-corrected chi connectivity index (χ3v) is 6.22. The number of rotatable bonds is 7. The van der Waals surface area contributed by atoms with Gasteiger partial charge in [-0.1, -0.05) is 35.9 Å². The van der Waals surface area contributed by atoms with E-state index in [4.69, 9.17) is 18.9 Å². The summed E-state index contributed by atoms with van der Waals surface area (Å²) in [6.07, 6.45) is -4.35. The van der Waals surface area contributed by atoms with Gasteiger partial charge in [0.05, 0.1) is 10.5 Å². The summed E-state index contributed by atoms with van der Waals surface area (Å²) in [6, 6.07) is 14.3. The van der Waals surface area contributed by atoms with Gasteiger partial charge < -0.3 is 18.9 Å². The third-order valence-electron chi connectivity index (χ3n) is 5.00. The highest BCUT2D eigenvalue weighted by Gasteiger charge is 2.46. The zero-order valence-electron chi connectivity index (χ0n) is 19.1. The molecule has 1 N–H and O–H groups in total. The smallest absolute Gasteiger partial charge is 0.338 e. The van der Waals surface area contributed by atoms with Crippen LogP contribution in [-0.2, 0) is 33.8 Å². The van der Waals surface area contributed by atoms with Crippen LogP contribution in [0.2, 0.25) is 0 Å². The van der Waals surface area contributed by atoms with Crippen LogP contribution in [0.1, 0.15) is 29.8 Å². The Morgan fingerprint density at radius 3 is 2.24 bits per heavy atom. The maximum Gasteiger partial charge on any atom is 0.338 e. The van der Waals surface area contributed by atoms with Crippen molar-refractivity contribution in [3.8, 4) is 0 Å². The number of nitrogens with one attached hydrogen (secondary N) is 1. The Balaban J connectivity index is 1.99. The van der Waals surface area contributed by atoms with Gasteiger partial charge in [-0.25, -0.2) is 4.79 Å². The Kier molecular flexibility index (Phi) is 8.02. The summed E-state index contributed by atoms with van der Waals surface area (Å²) < 4.78 is 47.6. The molecule has 1 aliphatic heterocycles. The first kappa shape index (κ1) is 25.3. The number of esters is 2. The minimum Gasteiger partial charge on any atom is -0.453 e. The van der Waals surface area contributed by atoms with Crippen molar-refractivity contribution in [3.05, 3.63) is 65.7 Å². The summed E-state index contributed by atoms with van der Waals surface area (Å²) in [5.74, 6) is -1.37. The molecule has 0 aromatic heterocycles. The van der Waals surface area contributed by atoms with Crippen LogP contribution in [0.3, 0.4) is 0 Å². The van der Waals surface area contributed by atoms with Crippen LogP contribution in [0, 0.1) is 6.92 Å². The molecule has 182 valence electrons. The van der Waals surface area contributed by atoms with E-state index >= 15 is 0 Å². The molecule has 0 amide bonds. The average molecular weight is 491 g/mol. The Morgan fingerprint density at radius 2 is 1.65 bits per heavy atom. The average Bonchev–Trinajstić information content (AvgIpc) is 2.81. The molecule has 0 radical (unpaired) electrons. The van der Waals surface area contributed by atoms with E-state index in [2.05, 4.69) is 9.93 Å². The van der Waals surface area contributed by atoms with E-state index in [1.807, 2.05) is 6.92 Å². The molecule has 0 bridgehead atoms. The van der Waals surface area contributed by atoms with Crippen molar-refractivity contribution in [3.63, 3.8) is 0 Å². The lowest BCUT2D eigenvalue weighted by Gasteiger charge is -2.39. The summed E-state index contributed by atoms with van der Waals surface area (Å²) in [6.45, 7) is 4.61. The molecule has 0 spiro atoms. The van der Waals surface area contributed by atoms with Crippen LogP contribution in [0.15, 0.2) is 64.6 Å². The van der Waals surface area contributed by atoms with Crippen LogP contribution in [0.5, 0.6) is 0 Å². The van der Waals surface area contributed by atoms with Crippen LogP contribution in [0.25, 0.3) is 0 Å². The number of methoxy groups -OCH3 is 1. The highest BCUT2D eigenvalue weighted by Crippen LogP contribution is 2.25. The van der Waals surface area contributed by atoms with Crippen LogP contribution in [0.4, 0.5) is 0 Å². The van der Waals surface area contributed by atoms with Crippen molar-refractivity contribution in [2.24, 2.45) is 5.10 Å². The van der Waals surface area contributed by atoms with Crippen molar-refractivity contribution >= 4 is 27.7 Å². The minimum atomic E-state index is -4.07. The topological polar surface area (TPSA) is 130 Å². The molecule has 0 aliphatic carbocycles. The fraction of sp³-hybridized carbons (Fsp3) is 0.348. The second-order valence-electron chi connectivity index (χ2n) is 7.61. The second kappa shape index (κ2) is 10.8. The van der Waals surface area contributed by atoms with Gasteiger partial charge in [0.25, 0.3) is 10.0 Å². The second-order valence-corrected chi connectivity index (χ2v) is 9.27. The highest BCUT2D eigenvalue weighted by molar-refractivity contribution is 7.89. The number of hydrogen-bond acceptors (Lipinski definition) is 9. The van der Waals surface area contributed by atoms with Gasteiger partial charge >= 0.3 is 11.9 Å². The fourth-order valence-electron chi connectivity index (χ4n) is 3.29. The predicted molar refractivity (Wildman–Crippen MR) is 121 cm³/mol. The number of nitrogens with zero attached hydrogens (tertiary/aromatic N) is 1. The summed E-state index contributed by atoms with van der Waals surface area (Å²) in [5.41, 5.74) is 1.05. The van der Waals surface area contributed by atoms with Gasteiger partial charge in [-0.15, -0.1) is 0 Å². The number of aryl methyl sites for hydroxylation is 1. The van der Waals surface area contributed by atoms with E-state index in [1.54, 1.807) is 49.4 Å². The quantitative estimate of drug-likeness (QED) is 0.462. The summed E-state index contributed by atoms with van der Waals surface area (Å²) in [4.78, 5) is 26.6. The third kappa shape index (κ3) is 5.99. The lowest BCUT2D eigenvalue weighted by atomic mass is 10.00. The maximum absolute atomic E-state index is 12.8. The van der Waals surface area contributed by atoms with Crippen molar-refractivity contribution in [2.75, 3.05) is 7.11 Å². The molecular formula is C23H26N2O8S. The van der Waals surface area contributed by atoms with E-state index in [1.165, 1.54) is 26.2 Å². The van der Waals surface area contributed by atoms with Gasteiger partial charge in [-0.2, -0.15) is 18.4 Å². The molecule has 3 rings (SSSR count). The normalized spacial score (nSPS) is 23.8. The highest BCUT2D eigenvalue weighted by atomic mass is 32.2. The van der Waals surface area contributed by atoms with Gasteiger partial charge in [0.1, 0.15) is 11.8 Å². The number of carbonyl (C=O) groups excluding carboxylic acids is 2. The SMILES string of the molecule is CO[C@@H]1O[C@@H](C)[C@@H](OC(C)=O)C(=NNS(=O)(=O)c2ccc(C)cc2)[C@@H]1OC(=O)c1ccccc1. The monoisotopic (exact) mass is 490 g/mol. The van der Waals surface area contributed by atoms with Crippen molar-refractivity contribution in [2.45, 2.75) is 50.3 Å². The predicted octanol–water partition coefficient (Wildman–Crippen LogP) is 2.18. The fourth-order valence-corrected chi connectivity index (χ4v) is 4.12. The summed E-state index contributed by atoms with van der Waals surface area (Å²) in [7, 11) is -2.74. The van der Waals surface area contributed by atoms with Gasteiger partial charge in [-0.3, -0.25) is 4.79 Å². The summed E-state index contributed by atoms with van der Waals surface area (Å²) >= 11 is 0. The minimum absolute atomic E-state index is 0.0206. The van der Waals surface area contributed by atoms with E-state index in [0.717, 1.165) is 5.56 Å². The largest absolute Gasteiger partial charge is 0.453 e. The number of sulfonamides is 1. The Labute approximate surface area is 197 Å². The van der Waals surface area contributed by atoms with E-state index in [-0.39, 0.29) is 16.2 Å². The molecule has 4 atom stereocenters. The molecule has 11 heteroatoms. The van der Waals surface area contributed by atoms with Gasteiger partial charge in [-0.05, 0) is 38.1 Å². The number of hydrazone groups is 1. The number of hydrogen-bond donors (Lipinski definition) is 1. The molecule has 1 saturated heterocycles. The molecule has 0 saturated carbocycles. The molecule has 2 aromatic rings. The van der Waals surface area contributed by atoms with Crippen LogP contribution >= 0.6 is 0 Å². The molecule has 1 aliphatic rings. The standard InChI is InChI=1S/C23H26N2O8S/c1-14-10-12-18(13-11-14)34(28,29)25-24-19-20(32-16(3)26)15(2)31-23(30-4)21(19)33-22(27)17-8-6-5-7-9-17/h5-13,15,20-21,23,25H,1-4H3/t15-,20+,21-,23+/m0/s1. The molecule has 1 heterocycles. The lowest BCUT2D eigenvalue weighted by Crippen LogP contribution is -2.57. The number of carbonyl (C=O) groups is 2. The lowest BCUT2D eigenvalue weighted by molar-refractivity contribution is -0.218. The van der Waals surface area contributed by atoms with Crippen molar-refractivity contribution < 1.29 is 37.0 Å². The van der Waals surface area contributed by atoms with Gasteiger partial charge in [0.2, 0.25) is 6.29 Å². The van der Waals surface area contributed by atoms with E-state index in [9.17, 15) is 18.0 Å². The molecule has 0 unspecified atom stereocenters. The Morgan fingerprint density at radius 1 is 1.00 bits per heavy atom. The molecule has 2 aromatic carbocycles. The first-order valence-electron chi connectivity index (χ1n) is 10.4. The molecule has 10 nitrogen and oxygen atoms in total. The Hall–Kier alpha value is -3.28. The van der Waals surface area contributed by atoms with E-state index < -0.39 is 46.6 Å². The van der Waals surface area contributed by atoms with Gasteiger partial charge in [0, 0.05) is 14.0 Å². The zero-order chi connectivity index (χ0) is 24.9. The van der Waals surface area contributed by atoms with Crippen LogP contribution < -0.4 is 4.83 Å². The van der Waals surface area contributed by atoms with Crippen molar-refractivity contribution in [1.82, 2.24) is 4.83 Å².